The molecule has 0 bridgehead atoms. The van der Waals surface area contributed by atoms with Gasteiger partial charge in [0.2, 0.25) is 10.0 Å². The molecule has 1 N–H and O–H groups in total. The zero-order chi connectivity index (χ0) is 18.7. The number of amides is 1. The summed E-state index contributed by atoms with van der Waals surface area (Å²) in [5.74, 6) is -1.24. The first-order chi connectivity index (χ1) is 12.4. The maximum atomic E-state index is 13.8. The Morgan fingerprint density at radius 3 is 2.46 bits per heavy atom. The topological polar surface area (TPSA) is 66.5 Å². The maximum absolute atomic E-state index is 13.8. The molecule has 1 amide bonds. The van der Waals surface area contributed by atoms with Crippen LogP contribution < -0.4 is 5.32 Å². The minimum atomic E-state index is -3.62. The van der Waals surface area contributed by atoms with Crippen molar-refractivity contribution in [3.63, 3.8) is 0 Å². The SMILES string of the molecule is Cc1ccc(NC(=O)c2ccccc2F)cc1S(=O)(=O)N1CCCCC1. The molecular formula is C19H21FN2O3S. The minimum Gasteiger partial charge on any atom is -0.322 e. The summed E-state index contributed by atoms with van der Waals surface area (Å²) in [6, 6.07) is 10.4. The normalized spacial score (nSPS) is 15.6. The van der Waals surface area contributed by atoms with E-state index in [4.69, 9.17) is 0 Å². The van der Waals surface area contributed by atoms with Crippen molar-refractivity contribution >= 4 is 21.6 Å². The Morgan fingerprint density at radius 2 is 1.77 bits per heavy atom. The van der Waals surface area contributed by atoms with Gasteiger partial charge in [0.25, 0.3) is 5.91 Å². The quantitative estimate of drug-likeness (QED) is 0.887. The summed E-state index contributed by atoms with van der Waals surface area (Å²) in [6.07, 6.45) is 2.73. The molecule has 138 valence electrons. The van der Waals surface area contributed by atoms with Crippen molar-refractivity contribution in [2.24, 2.45) is 0 Å². The van der Waals surface area contributed by atoms with Crippen LogP contribution in [0.25, 0.3) is 0 Å². The van der Waals surface area contributed by atoms with Crippen molar-refractivity contribution in [3.8, 4) is 0 Å². The van der Waals surface area contributed by atoms with E-state index in [1.807, 2.05) is 0 Å². The number of halogens is 1. The predicted octanol–water partition coefficient (Wildman–Crippen LogP) is 3.56. The van der Waals surface area contributed by atoms with Crippen molar-refractivity contribution < 1.29 is 17.6 Å². The lowest BCUT2D eigenvalue weighted by Gasteiger charge is -2.26. The minimum absolute atomic E-state index is 0.0893. The molecule has 1 aliphatic heterocycles. The fraction of sp³-hybridized carbons (Fsp3) is 0.316. The number of nitrogens with zero attached hydrogens (tertiary/aromatic N) is 1. The predicted molar refractivity (Wildman–Crippen MR) is 98.1 cm³/mol. The van der Waals surface area contributed by atoms with Gasteiger partial charge in [-0.1, -0.05) is 24.6 Å². The van der Waals surface area contributed by atoms with E-state index >= 15 is 0 Å². The van der Waals surface area contributed by atoms with Gasteiger partial charge in [-0.15, -0.1) is 0 Å². The number of piperidine rings is 1. The highest BCUT2D eigenvalue weighted by Gasteiger charge is 2.27. The second-order valence-corrected chi connectivity index (χ2v) is 8.29. The lowest BCUT2D eigenvalue weighted by atomic mass is 10.2. The van der Waals surface area contributed by atoms with Crippen LogP contribution in [-0.4, -0.2) is 31.7 Å². The first-order valence-electron chi connectivity index (χ1n) is 8.56. The number of carbonyl (C=O) groups excluding carboxylic acids is 1. The highest BCUT2D eigenvalue weighted by Crippen LogP contribution is 2.26. The van der Waals surface area contributed by atoms with Crippen LogP contribution in [0.1, 0.15) is 35.2 Å². The highest BCUT2D eigenvalue weighted by molar-refractivity contribution is 7.89. The van der Waals surface area contributed by atoms with Crippen LogP contribution in [0, 0.1) is 12.7 Å². The fourth-order valence-electron chi connectivity index (χ4n) is 3.04. The number of benzene rings is 2. The Kier molecular flexibility index (Phi) is 5.38. The van der Waals surface area contributed by atoms with Gasteiger partial charge in [-0.25, -0.2) is 12.8 Å². The molecule has 26 heavy (non-hydrogen) atoms. The van der Waals surface area contributed by atoms with Crippen molar-refractivity contribution in [3.05, 3.63) is 59.4 Å². The van der Waals surface area contributed by atoms with Crippen molar-refractivity contribution in [1.29, 1.82) is 0 Å². The maximum Gasteiger partial charge on any atom is 0.258 e. The Hall–Kier alpha value is -2.25. The summed E-state index contributed by atoms with van der Waals surface area (Å²) in [5.41, 5.74) is 0.840. The number of aryl methyl sites for hydroxylation is 1. The second kappa shape index (κ2) is 7.55. The van der Waals surface area contributed by atoms with Gasteiger partial charge in [0.15, 0.2) is 0 Å². The fourth-order valence-corrected chi connectivity index (χ4v) is 4.81. The van der Waals surface area contributed by atoms with Crippen molar-refractivity contribution in [2.45, 2.75) is 31.1 Å². The number of rotatable bonds is 4. The smallest absolute Gasteiger partial charge is 0.258 e. The lowest BCUT2D eigenvalue weighted by Crippen LogP contribution is -2.36. The highest BCUT2D eigenvalue weighted by atomic mass is 32.2. The molecular weight excluding hydrogens is 355 g/mol. The molecule has 0 aliphatic carbocycles. The monoisotopic (exact) mass is 376 g/mol. The number of hydrogen-bond acceptors (Lipinski definition) is 3. The molecule has 5 nitrogen and oxygen atoms in total. The third kappa shape index (κ3) is 3.78. The van der Waals surface area contributed by atoms with Gasteiger partial charge in [-0.3, -0.25) is 4.79 Å². The van der Waals surface area contributed by atoms with E-state index in [-0.39, 0.29) is 10.5 Å². The molecule has 0 radical (unpaired) electrons. The van der Waals surface area contributed by atoms with Gasteiger partial charge >= 0.3 is 0 Å². The first-order valence-corrected chi connectivity index (χ1v) is 10.0. The Labute approximate surface area is 152 Å². The summed E-state index contributed by atoms with van der Waals surface area (Å²) in [5, 5.41) is 2.58. The molecule has 1 aliphatic rings. The van der Waals surface area contributed by atoms with Crippen LogP contribution in [0.2, 0.25) is 0 Å². The van der Waals surface area contributed by atoms with Crippen LogP contribution in [-0.2, 0) is 10.0 Å². The second-order valence-electron chi connectivity index (χ2n) is 6.38. The van der Waals surface area contributed by atoms with Gasteiger partial charge < -0.3 is 5.32 Å². The Morgan fingerprint density at radius 1 is 1.08 bits per heavy atom. The first kappa shape index (κ1) is 18.5. The van der Waals surface area contributed by atoms with Crippen LogP contribution in [0.15, 0.2) is 47.4 Å². The molecule has 0 spiro atoms. The van der Waals surface area contributed by atoms with Gasteiger partial charge in [0.05, 0.1) is 10.5 Å². The summed E-state index contributed by atoms with van der Waals surface area (Å²) in [4.78, 5) is 12.4. The number of hydrogen-bond donors (Lipinski definition) is 1. The summed E-state index contributed by atoms with van der Waals surface area (Å²) in [7, 11) is -3.62. The zero-order valence-electron chi connectivity index (χ0n) is 14.5. The zero-order valence-corrected chi connectivity index (χ0v) is 15.4. The average Bonchev–Trinajstić information content (AvgIpc) is 2.64. The summed E-state index contributed by atoms with van der Waals surface area (Å²) in [6.45, 7) is 2.74. The van der Waals surface area contributed by atoms with Gasteiger partial charge in [0.1, 0.15) is 5.82 Å². The molecule has 0 atom stereocenters. The Bertz CT molecular complexity index is 922. The standard InChI is InChI=1S/C19H21FN2O3S/c1-14-9-10-15(21-19(23)16-7-3-4-8-17(16)20)13-18(14)26(24,25)22-11-5-2-6-12-22/h3-4,7-10,13H,2,5-6,11-12H2,1H3,(H,21,23). The van der Waals surface area contributed by atoms with E-state index in [2.05, 4.69) is 5.32 Å². The molecule has 7 heteroatoms. The van der Waals surface area contributed by atoms with E-state index in [1.165, 1.54) is 28.6 Å². The third-order valence-electron chi connectivity index (χ3n) is 4.50. The lowest BCUT2D eigenvalue weighted by molar-refractivity contribution is 0.102. The largest absolute Gasteiger partial charge is 0.322 e. The number of anilines is 1. The van der Waals surface area contributed by atoms with Crippen molar-refractivity contribution in [2.75, 3.05) is 18.4 Å². The van der Waals surface area contributed by atoms with E-state index < -0.39 is 21.7 Å². The number of carbonyl (C=O) groups is 1. The van der Waals surface area contributed by atoms with Gasteiger partial charge in [-0.05, 0) is 49.6 Å². The van der Waals surface area contributed by atoms with Gasteiger partial charge in [0, 0.05) is 18.8 Å². The molecule has 0 aromatic heterocycles. The summed E-state index contributed by atoms with van der Waals surface area (Å²) < 4.78 is 41.1. The molecule has 3 rings (SSSR count). The van der Waals surface area contributed by atoms with E-state index in [0.717, 1.165) is 19.3 Å². The number of nitrogens with one attached hydrogen (secondary N) is 1. The molecule has 1 heterocycles. The molecule has 2 aromatic carbocycles. The molecule has 0 saturated carbocycles. The molecule has 0 unspecified atom stereocenters. The van der Waals surface area contributed by atoms with E-state index in [1.54, 1.807) is 25.1 Å². The molecule has 1 saturated heterocycles. The van der Waals surface area contributed by atoms with Crippen LogP contribution in [0.3, 0.4) is 0 Å². The summed E-state index contributed by atoms with van der Waals surface area (Å²) >= 11 is 0. The van der Waals surface area contributed by atoms with E-state index in [0.29, 0.717) is 24.3 Å². The van der Waals surface area contributed by atoms with Crippen LogP contribution >= 0.6 is 0 Å². The third-order valence-corrected chi connectivity index (χ3v) is 6.54. The molecule has 1 fully saturated rings. The van der Waals surface area contributed by atoms with Crippen molar-refractivity contribution in [1.82, 2.24) is 4.31 Å². The average molecular weight is 376 g/mol. The van der Waals surface area contributed by atoms with Crippen LogP contribution in [0.5, 0.6) is 0 Å². The molecule has 2 aromatic rings. The van der Waals surface area contributed by atoms with E-state index in [9.17, 15) is 17.6 Å². The Balaban J connectivity index is 1.88. The van der Waals surface area contributed by atoms with Gasteiger partial charge in [-0.2, -0.15) is 4.31 Å². The number of sulfonamides is 1. The van der Waals surface area contributed by atoms with Crippen LogP contribution in [0.4, 0.5) is 10.1 Å².